The van der Waals surface area contributed by atoms with Crippen molar-refractivity contribution >= 4 is 0 Å². The van der Waals surface area contributed by atoms with Gasteiger partial charge in [0.25, 0.3) is 0 Å². The molecule has 0 unspecified atom stereocenters. The Morgan fingerprint density at radius 3 is 2.28 bits per heavy atom. The highest BCUT2D eigenvalue weighted by Crippen LogP contribution is 2.69. The molecular formula is C29H52O3. The first kappa shape index (κ1) is 25.0. The average molecular weight is 449 g/mol. The largest absolute Gasteiger partial charge is 0.393 e. The normalized spacial score (nSPS) is 50.4. The molecule has 0 aliphatic heterocycles. The van der Waals surface area contributed by atoms with Crippen molar-refractivity contribution in [2.24, 2.45) is 52.3 Å². The highest BCUT2D eigenvalue weighted by molar-refractivity contribution is 5.17. The van der Waals surface area contributed by atoms with Gasteiger partial charge in [-0.2, -0.15) is 0 Å². The fourth-order valence-corrected chi connectivity index (χ4v) is 9.92. The first-order chi connectivity index (χ1) is 15.0. The van der Waals surface area contributed by atoms with Crippen LogP contribution in [0.2, 0.25) is 0 Å². The summed E-state index contributed by atoms with van der Waals surface area (Å²) in [6.07, 6.45) is 10.7. The van der Waals surface area contributed by atoms with E-state index in [1.165, 1.54) is 44.9 Å². The van der Waals surface area contributed by atoms with Crippen molar-refractivity contribution < 1.29 is 15.3 Å². The molecule has 4 aliphatic rings. The molecule has 186 valence electrons. The van der Waals surface area contributed by atoms with Crippen LogP contribution in [0.15, 0.2) is 0 Å². The van der Waals surface area contributed by atoms with Gasteiger partial charge >= 0.3 is 0 Å². The third-order valence-corrected chi connectivity index (χ3v) is 12.1. The van der Waals surface area contributed by atoms with Crippen LogP contribution >= 0.6 is 0 Å². The van der Waals surface area contributed by atoms with Crippen LogP contribution in [0.25, 0.3) is 0 Å². The SMILES string of the molecule is CC[C@H](CC[C@@H](C)[C@H]1CC[C@H]2[C@@H]3C[C@@H](O)[C@@]4(O)C[C@@H](O)CC[C@]4(C)[C@@H]3CC[C@]12C)C(C)C. The lowest BCUT2D eigenvalue weighted by molar-refractivity contribution is -0.264. The van der Waals surface area contributed by atoms with Gasteiger partial charge in [-0.05, 0) is 98.2 Å². The molecule has 0 heterocycles. The molecule has 11 atom stereocenters. The van der Waals surface area contributed by atoms with E-state index in [1.54, 1.807) is 0 Å². The zero-order valence-electron chi connectivity index (χ0n) is 21.8. The minimum absolute atomic E-state index is 0.259. The molecule has 0 bridgehead atoms. The summed E-state index contributed by atoms with van der Waals surface area (Å²) in [5.74, 6) is 4.92. The first-order valence-corrected chi connectivity index (χ1v) is 14.1. The summed E-state index contributed by atoms with van der Waals surface area (Å²) < 4.78 is 0. The van der Waals surface area contributed by atoms with Gasteiger partial charge in [-0.15, -0.1) is 0 Å². The van der Waals surface area contributed by atoms with E-state index in [1.807, 2.05) is 0 Å². The summed E-state index contributed by atoms with van der Waals surface area (Å²) in [5, 5.41) is 33.2. The molecule has 3 nitrogen and oxygen atoms in total. The number of hydrogen-bond acceptors (Lipinski definition) is 3. The fourth-order valence-electron chi connectivity index (χ4n) is 9.92. The molecule has 0 spiro atoms. The average Bonchev–Trinajstić information content (AvgIpc) is 3.08. The molecule has 0 aromatic heterocycles. The minimum Gasteiger partial charge on any atom is -0.393 e. The van der Waals surface area contributed by atoms with Crippen molar-refractivity contribution in [1.82, 2.24) is 0 Å². The van der Waals surface area contributed by atoms with Gasteiger partial charge in [0.1, 0.15) is 0 Å². The van der Waals surface area contributed by atoms with E-state index < -0.39 is 17.8 Å². The molecule has 4 saturated carbocycles. The van der Waals surface area contributed by atoms with Crippen LogP contribution in [0.5, 0.6) is 0 Å². The zero-order chi connectivity index (χ0) is 23.5. The Balaban J connectivity index is 1.51. The van der Waals surface area contributed by atoms with Crippen LogP contribution < -0.4 is 0 Å². The Labute approximate surface area is 197 Å². The Kier molecular flexibility index (Phi) is 6.89. The van der Waals surface area contributed by atoms with Gasteiger partial charge in [-0.3, -0.25) is 0 Å². The Morgan fingerprint density at radius 1 is 0.906 bits per heavy atom. The third kappa shape index (κ3) is 3.72. The maximum atomic E-state index is 11.7. The topological polar surface area (TPSA) is 60.7 Å². The van der Waals surface area contributed by atoms with Crippen LogP contribution in [0, 0.1) is 52.3 Å². The van der Waals surface area contributed by atoms with Crippen molar-refractivity contribution in [3.05, 3.63) is 0 Å². The molecule has 0 saturated heterocycles. The van der Waals surface area contributed by atoms with Crippen molar-refractivity contribution in [2.45, 2.75) is 130 Å². The molecule has 3 heteroatoms. The highest BCUT2D eigenvalue weighted by Gasteiger charge is 2.67. The lowest BCUT2D eigenvalue weighted by atomic mass is 9.42. The van der Waals surface area contributed by atoms with Crippen LogP contribution in [0.1, 0.15) is 112 Å². The zero-order valence-corrected chi connectivity index (χ0v) is 21.8. The minimum atomic E-state index is -1.11. The maximum Gasteiger partial charge on any atom is 0.0985 e. The summed E-state index contributed by atoms with van der Waals surface area (Å²) in [5.41, 5.74) is -0.984. The lowest BCUT2D eigenvalue weighted by Crippen LogP contribution is -2.68. The maximum absolute atomic E-state index is 11.7. The van der Waals surface area contributed by atoms with Crippen LogP contribution in [-0.4, -0.2) is 33.1 Å². The third-order valence-electron chi connectivity index (χ3n) is 12.1. The second-order valence-corrected chi connectivity index (χ2v) is 13.6. The van der Waals surface area contributed by atoms with Crippen LogP contribution in [0.3, 0.4) is 0 Å². The molecule has 0 amide bonds. The molecule has 32 heavy (non-hydrogen) atoms. The fraction of sp³-hybridized carbons (Fsp3) is 1.00. The smallest absolute Gasteiger partial charge is 0.0985 e. The molecule has 0 radical (unpaired) electrons. The van der Waals surface area contributed by atoms with E-state index in [4.69, 9.17) is 0 Å². The number of hydrogen-bond donors (Lipinski definition) is 3. The summed E-state index contributed by atoms with van der Waals surface area (Å²) in [6.45, 7) is 14.5. The lowest BCUT2D eigenvalue weighted by Gasteiger charge is -2.65. The van der Waals surface area contributed by atoms with Crippen molar-refractivity contribution in [2.75, 3.05) is 0 Å². The van der Waals surface area contributed by atoms with Gasteiger partial charge in [-0.1, -0.05) is 54.4 Å². The summed E-state index contributed by atoms with van der Waals surface area (Å²) in [4.78, 5) is 0. The van der Waals surface area contributed by atoms with Crippen LogP contribution in [-0.2, 0) is 0 Å². The van der Waals surface area contributed by atoms with Crippen LogP contribution in [0.4, 0.5) is 0 Å². The molecule has 3 N–H and O–H groups in total. The van der Waals surface area contributed by atoms with E-state index in [-0.39, 0.29) is 5.41 Å². The Morgan fingerprint density at radius 2 is 1.62 bits per heavy atom. The van der Waals surface area contributed by atoms with Gasteiger partial charge in [0.15, 0.2) is 0 Å². The quantitative estimate of drug-likeness (QED) is 0.454. The van der Waals surface area contributed by atoms with Gasteiger partial charge in [-0.25, -0.2) is 0 Å². The van der Waals surface area contributed by atoms with Crippen molar-refractivity contribution in [3.63, 3.8) is 0 Å². The molecular weight excluding hydrogens is 396 g/mol. The van der Waals surface area contributed by atoms with Gasteiger partial charge in [0.2, 0.25) is 0 Å². The number of rotatable bonds is 6. The number of aliphatic hydroxyl groups excluding tert-OH is 2. The van der Waals surface area contributed by atoms with E-state index in [9.17, 15) is 15.3 Å². The van der Waals surface area contributed by atoms with E-state index in [2.05, 4.69) is 41.5 Å². The van der Waals surface area contributed by atoms with Crippen molar-refractivity contribution in [3.8, 4) is 0 Å². The summed E-state index contributed by atoms with van der Waals surface area (Å²) in [7, 11) is 0. The molecule has 0 aromatic rings. The second kappa shape index (κ2) is 8.83. The predicted octanol–water partition coefficient (Wildman–Crippen LogP) is 6.19. The monoisotopic (exact) mass is 448 g/mol. The van der Waals surface area contributed by atoms with Crippen molar-refractivity contribution in [1.29, 1.82) is 0 Å². The number of aliphatic hydroxyl groups is 3. The van der Waals surface area contributed by atoms with Gasteiger partial charge in [0, 0.05) is 11.8 Å². The summed E-state index contributed by atoms with van der Waals surface area (Å²) >= 11 is 0. The predicted molar refractivity (Wildman–Crippen MR) is 131 cm³/mol. The Bertz CT molecular complexity index is 663. The molecule has 4 rings (SSSR count). The second-order valence-electron chi connectivity index (χ2n) is 13.6. The van der Waals surface area contributed by atoms with Gasteiger partial charge in [0.05, 0.1) is 17.8 Å². The Hall–Kier alpha value is -0.120. The van der Waals surface area contributed by atoms with E-state index in [0.717, 1.165) is 42.9 Å². The summed E-state index contributed by atoms with van der Waals surface area (Å²) in [6, 6.07) is 0. The van der Waals surface area contributed by atoms with E-state index >= 15 is 0 Å². The molecule has 0 aromatic carbocycles. The van der Waals surface area contributed by atoms with E-state index in [0.29, 0.717) is 29.6 Å². The molecule has 4 fully saturated rings. The first-order valence-electron chi connectivity index (χ1n) is 14.1. The number of fused-ring (bicyclic) bond motifs is 5. The van der Waals surface area contributed by atoms with Gasteiger partial charge < -0.3 is 15.3 Å². The molecule has 4 aliphatic carbocycles. The highest BCUT2D eigenvalue weighted by atomic mass is 16.3. The standard InChI is InChI=1S/C29H52O3/c1-7-20(18(2)3)9-8-19(4)23-10-11-24-22-16-26(31)29(32)17-21(30)12-15-28(29,6)25(22)13-14-27(23,24)5/h18-26,30-32H,7-17H2,1-6H3/t19-,20-,21+,22+,23-,24+,25-,26-,27-,28-,29+/m1/s1.